The third-order valence-corrected chi connectivity index (χ3v) is 13.2. The Labute approximate surface area is 478 Å². The lowest BCUT2D eigenvalue weighted by Gasteiger charge is -2.29. The molecular weight excluding hydrogens is 1050 g/mol. The Balaban J connectivity index is 1.24. The number of carboxylic acid groups (broad SMARTS) is 1. The molecule has 5 aromatic rings. The van der Waals surface area contributed by atoms with Gasteiger partial charge in [-0.1, -0.05) is 90.5 Å². The van der Waals surface area contributed by atoms with Crippen molar-refractivity contribution in [2.45, 2.75) is 134 Å². The van der Waals surface area contributed by atoms with Gasteiger partial charge in [0.1, 0.15) is 48.2 Å². The molecule has 0 radical (unpaired) electrons. The van der Waals surface area contributed by atoms with Gasteiger partial charge in [0.15, 0.2) is 5.96 Å². The van der Waals surface area contributed by atoms with Crippen LogP contribution in [-0.2, 0) is 52.7 Å². The normalized spacial score (nSPS) is 14.1. The number of nitrogens with one attached hydrogen (secondary N) is 6. The van der Waals surface area contributed by atoms with Crippen molar-refractivity contribution in [1.29, 1.82) is 0 Å². The molecule has 0 aliphatic heterocycles. The van der Waals surface area contributed by atoms with Gasteiger partial charge in [-0.05, 0) is 137 Å². The Morgan fingerprint density at radius 1 is 0.642 bits per heavy atom. The summed E-state index contributed by atoms with van der Waals surface area (Å²) in [7, 11) is 0. The fraction of sp³-hybridized carbons (Fsp3) is 0.410. The van der Waals surface area contributed by atoms with Crippen LogP contribution >= 0.6 is 11.6 Å². The molecule has 1 aromatic heterocycles. The van der Waals surface area contributed by atoms with Gasteiger partial charge < -0.3 is 57.0 Å². The average molecular weight is 1130 g/mol. The zero-order chi connectivity index (χ0) is 58.7. The first-order chi connectivity index (χ1) is 38.5. The molecule has 5 amide bonds. The van der Waals surface area contributed by atoms with Gasteiger partial charge in [0.25, 0.3) is 0 Å². The number of nitrogens with two attached hydrogens (primary N) is 1. The molecule has 20 heteroatoms. The van der Waals surface area contributed by atoms with Crippen LogP contribution < -0.4 is 42.4 Å². The third kappa shape index (κ3) is 19.9. The standard InChI is InChI=1S/C61H76ClN9O10/c1-8-65-58(63)66-31-14-13-21-48(57(76)77)67-53(72)49(32-39-24-28-42(29-25-39)81-61(5,6)7)69-56(75)52(37-80-60(2,3)4)70-54(73)50(34-40-16-15-30-64-35-40)68-55(74)51(33-38-22-26-41(62)27-23-38)71-59(78)79-36-47-45-19-11-9-17-43(45)44-18-10-12-20-46(44)47/h9-12,15-20,22-30,35,47-52H,8,13-14,21,31-34,36-37H2,1-7H3,(H,67,72)(H,68,74)(H,69,75)(H,70,73)(H,71,78)(H,76,77)(H3,63,65,66)/t48-,49+,50-,51-,52+/m1/s1. The first-order valence-electron chi connectivity index (χ1n) is 27.2. The average Bonchev–Trinajstić information content (AvgIpc) is 4.02. The molecule has 5 atom stereocenters. The quantitative estimate of drug-likeness (QED) is 0.0153. The number of carboxylic acids is 1. The van der Waals surface area contributed by atoms with Crippen LogP contribution in [0.3, 0.4) is 0 Å². The lowest BCUT2D eigenvalue weighted by molar-refractivity contribution is -0.142. The summed E-state index contributed by atoms with van der Waals surface area (Å²) < 4.78 is 18.0. The number of aliphatic imine (C=N–C) groups is 1. The van der Waals surface area contributed by atoms with E-state index in [2.05, 4.69) is 41.9 Å². The third-order valence-electron chi connectivity index (χ3n) is 13.0. The van der Waals surface area contributed by atoms with Crippen molar-refractivity contribution in [3.63, 3.8) is 0 Å². The number of amides is 5. The highest BCUT2D eigenvalue weighted by Crippen LogP contribution is 2.44. The molecule has 0 saturated heterocycles. The van der Waals surface area contributed by atoms with Crippen LogP contribution in [0.25, 0.3) is 11.1 Å². The predicted octanol–water partition coefficient (Wildman–Crippen LogP) is 6.78. The first-order valence-corrected chi connectivity index (χ1v) is 27.6. The smallest absolute Gasteiger partial charge is 0.407 e. The second kappa shape index (κ2) is 29.4. The maximum Gasteiger partial charge on any atom is 0.407 e. The minimum absolute atomic E-state index is 0.0215. The van der Waals surface area contributed by atoms with Crippen LogP contribution in [0.5, 0.6) is 5.75 Å². The van der Waals surface area contributed by atoms with Crippen LogP contribution in [0.2, 0.25) is 5.02 Å². The van der Waals surface area contributed by atoms with Gasteiger partial charge >= 0.3 is 12.1 Å². The first kappa shape index (κ1) is 62.2. The van der Waals surface area contributed by atoms with Gasteiger partial charge in [-0.3, -0.25) is 29.2 Å². The molecule has 0 fully saturated rings. The number of guanidine groups is 1. The molecule has 0 spiro atoms. The van der Waals surface area contributed by atoms with Crippen LogP contribution in [-0.4, -0.2) is 119 Å². The maximum absolute atomic E-state index is 14.8. The second-order valence-electron chi connectivity index (χ2n) is 21.8. The van der Waals surface area contributed by atoms with Gasteiger partial charge in [-0.2, -0.15) is 0 Å². The lowest BCUT2D eigenvalue weighted by Crippen LogP contribution is -2.60. The van der Waals surface area contributed by atoms with E-state index in [1.807, 2.05) is 76.2 Å². The van der Waals surface area contributed by atoms with Crippen LogP contribution in [0.15, 0.2) is 127 Å². The Bertz CT molecular complexity index is 2900. The van der Waals surface area contributed by atoms with Crippen molar-refractivity contribution >= 4 is 53.3 Å². The summed E-state index contributed by atoms with van der Waals surface area (Å²) in [5.41, 5.74) is 10.4. The monoisotopic (exact) mass is 1130 g/mol. The number of hydrogen-bond acceptors (Lipinski definition) is 11. The molecule has 1 aliphatic rings. The number of pyridine rings is 1. The van der Waals surface area contributed by atoms with Crippen molar-refractivity contribution in [1.82, 2.24) is 36.9 Å². The van der Waals surface area contributed by atoms with Crippen LogP contribution in [0.1, 0.15) is 101 Å². The minimum Gasteiger partial charge on any atom is -0.488 e. The molecule has 432 valence electrons. The zero-order valence-electron chi connectivity index (χ0n) is 47.1. The molecule has 0 saturated carbocycles. The zero-order valence-corrected chi connectivity index (χ0v) is 47.8. The van der Waals surface area contributed by atoms with Gasteiger partial charge in [-0.25, -0.2) is 9.59 Å². The highest BCUT2D eigenvalue weighted by Gasteiger charge is 2.35. The molecule has 0 bridgehead atoms. The van der Waals surface area contributed by atoms with E-state index in [0.717, 1.165) is 22.3 Å². The van der Waals surface area contributed by atoms with E-state index >= 15 is 0 Å². The number of carbonyl (C=O) groups excluding carboxylic acids is 5. The number of hydrogen-bond donors (Lipinski definition) is 8. The summed E-state index contributed by atoms with van der Waals surface area (Å²) in [6.45, 7) is 13.4. The molecule has 19 nitrogen and oxygen atoms in total. The number of benzene rings is 4. The second-order valence-corrected chi connectivity index (χ2v) is 22.2. The van der Waals surface area contributed by atoms with E-state index in [1.54, 1.807) is 87.6 Å². The topological polar surface area (TPSA) is 274 Å². The van der Waals surface area contributed by atoms with E-state index < -0.39 is 77.1 Å². The molecule has 9 N–H and O–H groups in total. The number of fused-ring (bicyclic) bond motifs is 3. The summed E-state index contributed by atoms with van der Waals surface area (Å²) in [5.74, 6) is -3.88. The van der Waals surface area contributed by atoms with E-state index in [4.69, 9.17) is 31.5 Å². The number of ether oxygens (including phenoxy) is 3. The van der Waals surface area contributed by atoms with Crippen molar-refractivity contribution in [3.05, 3.63) is 154 Å². The largest absolute Gasteiger partial charge is 0.488 e. The molecule has 1 heterocycles. The highest BCUT2D eigenvalue weighted by molar-refractivity contribution is 6.30. The van der Waals surface area contributed by atoms with Crippen LogP contribution in [0, 0.1) is 0 Å². The fourth-order valence-corrected chi connectivity index (χ4v) is 9.19. The number of alkyl carbamates (subject to hydrolysis) is 1. The molecular formula is C61H76ClN9O10. The SMILES string of the molecule is CCNC(N)=NCCCC[C@@H](NC(=O)[C@H](Cc1ccc(OC(C)(C)C)cc1)NC(=O)[C@H](COC(C)(C)C)NC(=O)[C@@H](Cc1cccnc1)NC(=O)[C@@H](Cc1ccc(Cl)cc1)NC(=O)OCC1c2ccccc2-c2ccccc21)C(=O)O. The Morgan fingerprint density at radius 2 is 1.16 bits per heavy atom. The Kier molecular flexibility index (Phi) is 22.6. The van der Waals surface area contributed by atoms with E-state index in [1.165, 1.54) is 6.20 Å². The van der Waals surface area contributed by atoms with Crippen molar-refractivity contribution in [2.24, 2.45) is 10.7 Å². The van der Waals surface area contributed by atoms with Crippen LogP contribution in [0.4, 0.5) is 4.79 Å². The fourth-order valence-electron chi connectivity index (χ4n) is 9.06. The number of rotatable bonds is 27. The summed E-state index contributed by atoms with van der Waals surface area (Å²) in [5, 5.41) is 27.3. The van der Waals surface area contributed by atoms with Crippen molar-refractivity contribution < 1.29 is 48.1 Å². The molecule has 6 rings (SSSR count). The number of nitrogens with zero attached hydrogens (tertiary/aromatic N) is 2. The molecule has 1 aliphatic carbocycles. The number of halogens is 1. The predicted molar refractivity (Wildman–Crippen MR) is 311 cm³/mol. The number of aromatic nitrogens is 1. The van der Waals surface area contributed by atoms with Crippen molar-refractivity contribution in [2.75, 3.05) is 26.3 Å². The molecule has 0 unspecified atom stereocenters. The highest BCUT2D eigenvalue weighted by atomic mass is 35.5. The van der Waals surface area contributed by atoms with Gasteiger partial charge in [0.05, 0.1) is 12.2 Å². The Hall–Kier alpha value is -8.03. The van der Waals surface area contributed by atoms with Gasteiger partial charge in [-0.15, -0.1) is 0 Å². The van der Waals surface area contributed by atoms with E-state index in [0.29, 0.717) is 53.4 Å². The van der Waals surface area contributed by atoms with Gasteiger partial charge in [0.2, 0.25) is 23.6 Å². The number of aliphatic carboxylic acids is 1. The Morgan fingerprint density at radius 3 is 1.69 bits per heavy atom. The molecule has 81 heavy (non-hydrogen) atoms. The van der Waals surface area contributed by atoms with Crippen molar-refractivity contribution in [3.8, 4) is 16.9 Å². The summed E-state index contributed by atoms with van der Waals surface area (Å²) in [6, 6.07) is 26.0. The summed E-state index contributed by atoms with van der Waals surface area (Å²) in [4.78, 5) is 93.4. The number of carbonyl (C=O) groups is 6. The summed E-state index contributed by atoms with van der Waals surface area (Å²) in [6.07, 6.45) is 2.92. The summed E-state index contributed by atoms with van der Waals surface area (Å²) >= 11 is 6.23. The molecule has 4 aromatic carbocycles. The van der Waals surface area contributed by atoms with E-state index in [-0.39, 0.29) is 50.8 Å². The lowest BCUT2D eigenvalue weighted by atomic mass is 9.98. The number of unbranched alkanes of at least 4 members (excludes halogenated alkanes) is 1. The minimum atomic E-state index is -1.47. The maximum atomic E-state index is 14.8. The van der Waals surface area contributed by atoms with Gasteiger partial charge in [0, 0.05) is 55.7 Å². The van der Waals surface area contributed by atoms with E-state index in [9.17, 15) is 33.9 Å².